The van der Waals surface area contributed by atoms with E-state index < -0.39 is 6.67 Å². The summed E-state index contributed by atoms with van der Waals surface area (Å²) in [6, 6.07) is 14.0. The smallest absolute Gasteiger partial charge is 0.124 e. The SMILES string of the molecule is CN(C)c1ccc(-c2nc3cc(OCCF)ccc3s2)cc1. The van der Waals surface area contributed by atoms with Gasteiger partial charge in [-0.2, -0.15) is 0 Å². The molecule has 114 valence electrons. The molecule has 0 radical (unpaired) electrons. The number of rotatable bonds is 5. The van der Waals surface area contributed by atoms with Crippen LogP contribution in [0.2, 0.25) is 0 Å². The molecule has 3 nitrogen and oxygen atoms in total. The molecule has 0 saturated carbocycles. The van der Waals surface area contributed by atoms with Crippen molar-refractivity contribution in [3.63, 3.8) is 0 Å². The highest BCUT2D eigenvalue weighted by atomic mass is 32.1. The van der Waals surface area contributed by atoms with Gasteiger partial charge in [-0.25, -0.2) is 9.37 Å². The molecule has 0 atom stereocenters. The Balaban J connectivity index is 1.90. The van der Waals surface area contributed by atoms with Gasteiger partial charge in [0.05, 0.1) is 10.2 Å². The fourth-order valence-electron chi connectivity index (χ4n) is 2.18. The van der Waals surface area contributed by atoms with Crippen LogP contribution >= 0.6 is 11.3 Å². The van der Waals surface area contributed by atoms with Crippen LogP contribution in [0.15, 0.2) is 42.5 Å². The highest BCUT2D eigenvalue weighted by Gasteiger charge is 2.08. The Labute approximate surface area is 133 Å². The van der Waals surface area contributed by atoms with Crippen molar-refractivity contribution in [3.05, 3.63) is 42.5 Å². The number of alkyl halides is 1. The fraction of sp³-hybridized carbons (Fsp3) is 0.235. The van der Waals surface area contributed by atoms with E-state index in [-0.39, 0.29) is 6.61 Å². The number of anilines is 1. The second-order valence-corrected chi connectivity index (χ2v) is 6.16. The highest BCUT2D eigenvalue weighted by Crippen LogP contribution is 2.32. The zero-order valence-electron chi connectivity index (χ0n) is 12.5. The molecule has 5 heteroatoms. The van der Waals surface area contributed by atoms with Gasteiger partial charge >= 0.3 is 0 Å². The number of hydrogen-bond acceptors (Lipinski definition) is 4. The fourth-order valence-corrected chi connectivity index (χ4v) is 3.13. The molecule has 0 amide bonds. The number of halogens is 1. The molecule has 0 aliphatic heterocycles. The van der Waals surface area contributed by atoms with Gasteiger partial charge in [0.1, 0.15) is 24.0 Å². The average molecular weight is 316 g/mol. The lowest BCUT2D eigenvalue weighted by Crippen LogP contribution is -2.07. The quantitative estimate of drug-likeness (QED) is 0.698. The van der Waals surface area contributed by atoms with E-state index in [9.17, 15) is 4.39 Å². The van der Waals surface area contributed by atoms with E-state index in [4.69, 9.17) is 4.74 Å². The van der Waals surface area contributed by atoms with Crippen LogP contribution in [-0.2, 0) is 0 Å². The molecular formula is C17H17FN2OS. The van der Waals surface area contributed by atoms with E-state index in [2.05, 4.69) is 34.1 Å². The van der Waals surface area contributed by atoms with Gasteiger partial charge in [0.2, 0.25) is 0 Å². The summed E-state index contributed by atoms with van der Waals surface area (Å²) >= 11 is 1.64. The van der Waals surface area contributed by atoms with E-state index in [0.29, 0.717) is 5.75 Å². The Hall–Kier alpha value is -2.14. The lowest BCUT2D eigenvalue weighted by molar-refractivity contribution is 0.273. The van der Waals surface area contributed by atoms with Crippen molar-refractivity contribution < 1.29 is 9.13 Å². The molecule has 3 rings (SSSR count). The molecule has 0 spiro atoms. The summed E-state index contributed by atoms with van der Waals surface area (Å²) in [6.45, 7) is -0.410. The van der Waals surface area contributed by atoms with Gasteiger partial charge in [-0.3, -0.25) is 0 Å². The van der Waals surface area contributed by atoms with Crippen LogP contribution in [0.1, 0.15) is 0 Å². The van der Waals surface area contributed by atoms with Crippen LogP contribution in [0, 0.1) is 0 Å². The molecular weight excluding hydrogens is 299 g/mol. The van der Waals surface area contributed by atoms with E-state index in [1.54, 1.807) is 11.3 Å². The third-order valence-corrected chi connectivity index (χ3v) is 4.42. The number of nitrogens with zero attached hydrogens (tertiary/aromatic N) is 2. The van der Waals surface area contributed by atoms with Gasteiger partial charge in [-0.15, -0.1) is 11.3 Å². The summed E-state index contributed by atoms with van der Waals surface area (Å²) in [5, 5.41) is 0.975. The molecule has 2 aromatic carbocycles. The zero-order valence-corrected chi connectivity index (χ0v) is 13.4. The minimum atomic E-state index is -0.488. The van der Waals surface area contributed by atoms with Crippen molar-refractivity contribution in [2.75, 3.05) is 32.3 Å². The van der Waals surface area contributed by atoms with Crippen LogP contribution in [0.3, 0.4) is 0 Å². The van der Waals surface area contributed by atoms with Crippen LogP contribution in [0.5, 0.6) is 5.75 Å². The van der Waals surface area contributed by atoms with Gasteiger partial charge in [0, 0.05) is 31.4 Å². The first-order valence-corrected chi connectivity index (χ1v) is 7.86. The molecule has 0 unspecified atom stereocenters. The lowest BCUT2D eigenvalue weighted by Gasteiger charge is -2.11. The molecule has 0 saturated heterocycles. The predicted molar refractivity (Wildman–Crippen MR) is 90.9 cm³/mol. The number of fused-ring (bicyclic) bond motifs is 1. The molecule has 1 heterocycles. The molecule has 3 aromatic rings. The Bertz CT molecular complexity index is 768. The second kappa shape index (κ2) is 6.32. The van der Waals surface area contributed by atoms with E-state index in [1.807, 2.05) is 32.3 Å². The summed E-state index contributed by atoms with van der Waals surface area (Å²) in [5.41, 5.74) is 3.14. The highest BCUT2D eigenvalue weighted by molar-refractivity contribution is 7.21. The number of benzene rings is 2. The molecule has 0 N–H and O–H groups in total. The Kier molecular flexibility index (Phi) is 4.24. The van der Waals surface area contributed by atoms with Crippen molar-refractivity contribution >= 4 is 27.2 Å². The standard InChI is InChI=1S/C17H17FN2OS/c1-20(2)13-5-3-12(4-6-13)17-19-15-11-14(21-10-9-18)7-8-16(15)22-17/h3-8,11H,9-10H2,1-2H3. The number of aromatic nitrogens is 1. The van der Waals surface area contributed by atoms with Gasteiger partial charge in [0.25, 0.3) is 0 Å². The van der Waals surface area contributed by atoms with Gasteiger partial charge < -0.3 is 9.64 Å². The van der Waals surface area contributed by atoms with Crippen LogP contribution < -0.4 is 9.64 Å². The summed E-state index contributed by atoms with van der Waals surface area (Å²) < 4.78 is 18.6. The Morgan fingerprint density at radius 3 is 2.59 bits per heavy atom. The second-order valence-electron chi connectivity index (χ2n) is 5.13. The normalized spacial score (nSPS) is 10.9. The van der Waals surface area contributed by atoms with Crippen LogP contribution in [-0.4, -0.2) is 32.4 Å². The third-order valence-electron chi connectivity index (χ3n) is 3.34. The van der Waals surface area contributed by atoms with E-state index in [0.717, 1.165) is 26.5 Å². The summed E-state index contributed by atoms with van der Waals surface area (Å²) in [6.07, 6.45) is 0. The number of thiazole rings is 1. The topological polar surface area (TPSA) is 25.4 Å². The number of hydrogen-bond donors (Lipinski definition) is 0. The van der Waals surface area contributed by atoms with Crippen molar-refractivity contribution in [2.24, 2.45) is 0 Å². The van der Waals surface area contributed by atoms with Crippen LogP contribution in [0.25, 0.3) is 20.8 Å². The van der Waals surface area contributed by atoms with E-state index in [1.165, 1.54) is 0 Å². The number of ether oxygens (including phenoxy) is 1. The monoisotopic (exact) mass is 316 g/mol. The maximum atomic E-state index is 12.2. The molecule has 0 fully saturated rings. The first-order chi connectivity index (χ1) is 10.7. The minimum Gasteiger partial charge on any atom is -0.491 e. The maximum Gasteiger partial charge on any atom is 0.124 e. The Morgan fingerprint density at radius 2 is 1.91 bits per heavy atom. The third kappa shape index (κ3) is 3.04. The molecule has 0 bridgehead atoms. The average Bonchev–Trinajstić information content (AvgIpc) is 2.96. The summed E-state index contributed by atoms with van der Waals surface area (Å²) in [7, 11) is 4.04. The summed E-state index contributed by atoms with van der Waals surface area (Å²) in [4.78, 5) is 6.72. The molecule has 22 heavy (non-hydrogen) atoms. The first kappa shape index (κ1) is 14.8. The van der Waals surface area contributed by atoms with Crippen molar-refractivity contribution in [3.8, 4) is 16.3 Å². The minimum absolute atomic E-state index is 0.0779. The van der Waals surface area contributed by atoms with E-state index >= 15 is 0 Å². The maximum absolute atomic E-state index is 12.2. The van der Waals surface area contributed by atoms with Crippen molar-refractivity contribution in [1.82, 2.24) is 4.98 Å². The van der Waals surface area contributed by atoms with Crippen molar-refractivity contribution in [2.45, 2.75) is 0 Å². The van der Waals surface area contributed by atoms with Crippen molar-refractivity contribution in [1.29, 1.82) is 0 Å². The zero-order chi connectivity index (χ0) is 15.5. The van der Waals surface area contributed by atoms with Gasteiger partial charge in [-0.05, 0) is 36.4 Å². The van der Waals surface area contributed by atoms with Gasteiger partial charge in [0.15, 0.2) is 0 Å². The molecule has 1 aromatic heterocycles. The van der Waals surface area contributed by atoms with Crippen LogP contribution in [0.4, 0.5) is 10.1 Å². The summed E-state index contributed by atoms with van der Waals surface area (Å²) in [5.74, 6) is 0.657. The molecule has 0 aliphatic carbocycles. The lowest BCUT2D eigenvalue weighted by atomic mass is 10.2. The van der Waals surface area contributed by atoms with Gasteiger partial charge in [-0.1, -0.05) is 0 Å². The predicted octanol–water partition coefficient (Wildman–Crippen LogP) is 4.38. The largest absolute Gasteiger partial charge is 0.491 e. The first-order valence-electron chi connectivity index (χ1n) is 7.04. The Morgan fingerprint density at radius 1 is 1.14 bits per heavy atom. The molecule has 0 aliphatic rings.